The average Bonchev–Trinajstić information content (AvgIpc) is 2.68. The highest BCUT2D eigenvalue weighted by Gasteiger charge is 2.02. The number of aromatic nitrogens is 2. The number of hydrogen-bond acceptors (Lipinski definition) is 3. The van der Waals surface area contributed by atoms with Crippen molar-refractivity contribution in [2.24, 2.45) is 0 Å². The van der Waals surface area contributed by atoms with Crippen LogP contribution < -0.4 is 4.74 Å². The van der Waals surface area contributed by atoms with Gasteiger partial charge in [-0.25, -0.2) is 9.97 Å². The SMILES string of the molecule is C=CCc1cnc(-c2ccc(OCCCCCCCCCC)cc2)nc1. The zero-order chi connectivity index (χ0) is 18.5. The average molecular weight is 353 g/mol. The largest absolute Gasteiger partial charge is 0.494 e. The summed E-state index contributed by atoms with van der Waals surface area (Å²) in [7, 11) is 0. The highest BCUT2D eigenvalue weighted by Crippen LogP contribution is 2.19. The molecule has 0 saturated carbocycles. The van der Waals surface area contributed by atoms with Gasteiger partial charge in [0.05, 0.1) is 6.61 Å². The predicted octanol–water partition coefficient (Wildman–Crippen LogP) is 6.39. The Bertz CT molecular complexity index is 620. The molecule has 0 aliphatic carbocycles. The minimum Gasteiger partial charge on any atom is -0.494 e. The first-order valence-corrected chi connectivity index (χ1v) is 9.98. The highest BCUT2D eigenvalue weighted by molar-refractivity contribution is 5.55. The Labute approximate surface area is 158 Å². The van der Waals surface area contributed by atoms with E-state index in [9.17, 15) is 0 Å². The second-order valence-electron chi connectivity index (χ2n) is 6.76. The fourth-order valence-corrected chi connectivity index (χ4v) is 2.90. The molecule has 0 amide bonds. The van der Waals surface area contributed by atoms with Crippen LogP contribution >= 0.6 is 0 Å². The van der Waals surface area contributed by atoms with E-state index in [1.165, 1.54) is 44.9 Å². The lowest BCUT2D eigenvalue weighted by molar-refractivity contribution is 0.304. The fraction of sp³-hybridized carbons (Fsp3) is 0.478. The molecule has 3 nitrogen and oxygen atoms in total. The third kappa shape index (κ3) is 7.38. The van der Waals surface area contributed by atoms with Gasteiger partial charge in [0.15, 0.2) is 5.82 Å². The lowest BCUT2D eigenvalue weighted by Gasteiger charge is -2.07. The molecule has 1 heterocycles. The van der Waals surface area contributed by atoms with Gasteiger partial charge in [0, 0.05) is 18.0 Å². The van der Waals surface area contributed by atoms with Crippen LogP contribution in [0.4, 0.5) is 0 Å². The Balaban J connectivity index is 1.66. The Morgan fingerprint density at radius 2 is 1.50 bits per heavy atom. The van der Waals surface area contributed by atoms with Crippen LogP contribution in [0.3, 0.4) is 0 Å². The molecule has 0 unspecified atom stereocenters. The van der Waals surface area contributed by atoms with Crippen molar-refractivity contribution >= 4 is 0 Å². The minimum atomic E-state index is 0.743. The number of rotatable bonds is 13. The van der Waals surface area contributed by atoms with Gasteiger partial charge < -0.3 is 4.74 Å². The summed E-state index contributed by atoms with van der Waals surface area (Å²) >= 11 is 0. The normalized spacial score (nSPS) is 10.7. The van der Waals surface area contributed by atoms with Gasteiger partial charge in [-0.2, -0.15) is 0 Å². The van der Waals surface area contributed by atoms with Crippen molar-refractivity contribution in [3.63, 3.8) is 0 Å². The van der Waals surface area contributed by atoms with Crippen molar-refractivity contribution in [2.45, 2.75) is 64.7 Å². The summed E-state index contributed by atoms with van der Waals surface area (Å²) in [5, 5.41) is 0. The molecule has 2 aromatic rings. The van der Waals surface area contributed by atoms with Crippen LogP contribution in [0.15, 0.2) is 49.3 Å². The Kier molecular flexibility index (Phi) is 9.48. The van der Waals surface area contributed by atoms with Crippen molar-refractivity contribution in [1.29, 1.82) is 0 Å². The number of ether oxygens (including phenoxy) is 1. The standard InChI is InChI=1S/C23H32N2O/c1-3-5-6-7-8-9-10-11-17-26-22-15-13-21(14-16-22)23-24-18-20(12-4-2)19-25-23/h4,13-16,18-19H,2-3,5-12,17H2,1H3. The maximum Gasteiger partial charge on any atom is 0.159 e. The molecule has 0 bridgehead atoms. The van der Waals surface area contributed by atoms with Gasteiger partial charge in [-0.15, -0.1) is 6.58 Å². The molecule has 3 heteroatoms. The third-order valence-electron chi connectivity index (χ3n) is 4.46. The van der Waals surface area contributed by atoms with E-state index in [1.54, 1.807) is 0 Å². The molecule has 0 aliphatic rings. The van der Waals surface area contributed by atoms with Crippen molar-refractivity contribution in [3.8, 4) is 17.1 Å². The number of allylic oxidation sites excluding steroid dienone is 1. The number of unbranched alkanes of at least 4 members (excludes halogenated alkanes) is 7. The molecule has 26 heavy (non-hydrogen) atoms. The van der Waals surface area contributed by atoms with Crippen LogP contribution in [0.2, 0.25) is 0 Å². The van der Waals surface area contributed by atoms with Crippen LogP contribution in [-0.4, -0.2) is 16.6 Å². The monoisotopic (exact) mass is 352 g/mol. The molecule has 0 N–H and O–H groups in total. The van der Waals surface area contributed by atoms with Gasteiger partial charge in [0.25, 0.3) is 0 Å². The first kappa shape index (κ1) is 20.2. The molecule has 2 rings (SSSR count). The lowest BCUT2D eigenvalue weighted by atomic mass is 10.1. The fourth-order valence-electron chi connectivity index (χ4n) is 2.90. The summed E-state index contributed by atoms with van der Waals surface area (Å²) in [6.45, 7) is 6.79. The topological polar surface area (TPSA) is 35.0 Å². The second-order valence-corrected chi connectivity index (χ2v) is 6.76. The van der Waals surface area contributed by atoms with E-state index in [0.29, 0.717) is 0 Å². The molecular formula is C23H32N2O. The van der Waals surface area contributed by atoms with Crippen molar-refractivity contribution in [1.82, 2.24) is 9.97 Å². The summed E-state index contributed by atoms with van der Waals surface area (Å²) in [4.78, 5) is 8.84. The van der Waals surface area contributed by atoms with Crippen molar-refractivity contribution < 1.29 is 4.74 Å². The highest BCUT2D eigenvalue weighted by atomic mass is 16.5. The molecule has 0 radical (unpaired) electrons. The van der Waals surface area contributed by atoms with Gasteiger partial charge in [-0.3, -0.25) is 0 Å². The summed E-state index contributed by atoms with van der Waals surface area (Å²) in [5.74, 6) is 1.66. The van der Waals surface area contributed by atoms with E-state index >= 15 is 0 Å². The third-order valence-corrected chi connectivity index (χ3v) is 4.46. The zero-order valence-electron chi connectivity index (χ0n) is 16.1. The Morgan fingerprint density at radius 3 is 2.12 bits per heavy atom. The van der Waals surface area contributed by atoms with E-state index in [0.717, 1.165) is 42.1 Å². The number of benzene rings is 1. The Morgan fingerprint density at radius 1 is 0.885 bits per heavy atom. The quantitative estimate of drug-likeness (QED) is 0.309. The van der Waals surface area contributed by atoms with Gasteiger partial charge in [0.2, 0.25) is 0 Å². The first-order valence-electron chi connectivity index (χ1n) is 9.98. The smallest absolute Gasteiger partial charge is 0.159 e. The summed E-state index contributed by atoms with van der Waals surface area (Å²) < 4.78 is 5.84. The number of nitrogens with zero attached hydrogens (tertiary/aromatic N) is 2. The minimum absolute atomic E-state index is 0.743. The predicted molar refractivity (Wildman–Crippen MR) is 109 cm³/mol. The maximum atomic E-state index is 5.84. The molecule has 0 saturated heterocycles. The van der Waals surface area contributed by atoms with Crippen molar-refractivity contribution in [3.05, 3.63) is 54.9 Å². The zero-order valence-corrected chi connectivity index (χ0v) is 16.1. The van der Waals surface area contributed by atoms with E-state index in [2.05, 4.69) is 23.5 Å². The van der Waals surface area contributed by atoms with Crippen LogP contribution in [0, 0.1) is 0 Å². The van der Waals surface area contributed by atoms with Gasteiger partial charge in [0.1, 0.15) is 5.75 Å². The summed E-state index contributed by atoms with van der Waals surface area (Å²) in [6.07, 6.45) is 16.9. The molecule has 1 aromatic carbocycles. The van der Waals surface area contributed by atoms with E-state index in [-0.39, 0.29) is 0 Å². The van der Waals surface area contributed by atoms with Gasteiger partial charge >= 0.3 is 0 Å². The first-order chi connectivity index (χ1) is 12.8. The molecule has 0 fully saturated rings. The molecule has 0 aliphatic heterocycles. The molecule has 1 aromatic heterocycles. The van der Waals surface area contributed by atoms with Gasteiger partial charge in [-0.05, 0) is 42.7 Å². The van der Waals surface area contributed by atoms with Crippen LogP contribution in [-0.2, 0) is 6.42 Å². The molecular weight excluding hydrogens is 320 g/mol. The Hall–Kier alpha value is -2.16. The second kappa shape index (κ2) is 12.2. The molecule has 140 valence electrons. The van der Waals surface area contributed by atoms with E-state index in [4.69, 9.17) is 4.74 Å². The van der Waals surface area contributed by atoms with Gasteiger partial charge in [-0.1, -0.05) is 57.9 Å². The van der Waals surface area contributed by atoms with Crippen LogP contribution in [0.1, 0.15) is 63.9 Å². The van der Waals surface area contributed by atoms with Crippen molar-refractivity contribution in [2.75, 3.05) is 6.61 Å². The lowest BCUT2D eigenvalue weighted by Crippen LogP contribution is -1.97. The summed E-state index contributed by atoms with van der Waals surface area (Å²) in [6, 6.07) is 8.04. The molecule has 0 atom stereocenters. The number of hydrogen-bond donors (Lipinski definition) is 0. The van der Waals surface area contributed by atoms with Crippen LogP contribution in [0.25, 0.3) is 11.4 Å². The maximum absolute atomic E-state index is 5.84. The van der Waals surface area contributed by atoms with Crippen LogP contribution in [0.5, 0.6) is 5.75 Å². The van der Waals surface area contributed by atoms with E-state index < -0.39 is 0 Å². The summed E-state index contributed by atoms with van der Waals surface area (Å²) in [5.41, 5.74) is 2.09. The van der Waals surface area contributed by atoms with E-state index in [1.807, 2.05) is 42.7 Å². The molecule has 0 spiro atoms.